The number of aryl methyl sites for hydroxylation is 1. The van der Waals surface area contributed by atoms with E-state index in [4.69, 9.17) is 0 Å². The summed E-state index contributed by atoms with van der Waals surface area (Å²) >= 11 is 0. The molecule has 2 unspecified atom stereocenters. The molecule has 0 radical (unpaired) electrons. The van der Waals surface area contributed by atoms with Gasteiger partial charge in [-0.05, 0) is 38.4 Å². The molecule has 2 nitrogen and oxygen atoms in total. The molecule has 1 rings (SSSR count). The first-order valence-corrected chi connectivity index (χ1v) is 5.52. The molecule has 0 amide bonds. The van der Waals surface area contributed by atoms with E-state index < -0.39 is 5.60 Å². The van der Waals surface area contributed by atoms with Crippen molar-refractivity contribution in [3.63, 3.8) is 0 Å². The molecule has 2 heteroatoms. The van der Waals surface area contributed by atoms with E-state index in [1.54, 1.807) is 0 Å². The lowest BCUT2D eigenvalue weighted by atomic mass is 9.86. The van der Waals surface area contributed by atoms with Crippen LogP contribution in [0.4, 0.5) is 0 Å². The summed E-state index contributed by atoms with van der Waals surface area (Å²) in [7, 11) is 0. The van der Waals surface area contributed by atoms with E-state index in [0.29, 0.717) is 0 Å². The highest BCUT2D eigenvalue weighted by Crippen LogP contribution is 2.27. The van der Waals surface area contributed by atoms with Gasteiger partial charge in [0.2, 0.25) is 0 Å². The Morgan fingerprint density at radius 2 is 2.00 bits per heavy atom. The highest BCUT2D eigenvalue weighted by molar-refractivity contribution is 5.31. The average molecular weight is 207 g/mol. The summed E-state index contributed by atoms with van der Waals surface area (Å²) in [5, 5.41) is 13.8. The summed E-state index contributed by atoms with van der Waals surface area (Å²) < 4.78 is 0. The molecule has 0 spiro atoms. The number of rotatable bonds is 4. The first-order chi connectivity index (χ1) is 7.00. The summed E-state index contributed by atoms with van der Waals surface area (Å²) in [6.45, 7) is 8.81. The normalized spacial score (nSPS) is 17.1. The Morgan fingerprint density at radius 1 is 1.40 bits per heavy atom. The fraction of sp³-hybridized carbons (Fsp3) is 0.538. The van der Waals surface area contributed by atoms with Gasteiger partial charge >= 0.3 is 0 Å². The van der Waals surface area contributed by atoms with Crippen molar-refractivity contribution >= 4 is 0 Å². The monoisotopic (exact) mass is 207 g/mol. The van der Waals surface area contributed by atoms with Gasteiger partial charge in [-0.2, -0.15) is 0 Å². The van der Waals surface area contributed by atoms with E-state index >= 15 is 0 Å². The standard InChI is InChI=1S/C13H21NO/c1-5-14-11(3)13(4,15)12-9-7-6-8-10(12)2/h6-9,11,14-15H,5H2,1-4H3. The number of benzene rings is 1. The van der Waals surface area contributed by atoms with E-state index in [2.05, 4.69) is 5.32 Å². The zero-order valence-electron chi connectivity index (χ0n) is 10.0. The Morgan fingerprint density at radius 3 is 2.53 bits per heavy atom. The Balaban J connectivity index is 2.99. The van der Waals surface area contributed by atoms with Crippen molar-refractivity contribution in [3.8, 4) is 0 Å². The largest absolute Gasteiger partial charge is 0.384 e. The highest BCUT2D eigenvalue weighted by atomic mass is 16.3. The first kappa shape index (κ1) is 12.2. The van der Waals surface area contributed by atoms with Gasteiger partial charge in [0.1, 0.15) is 5.60 Å². The molecule has 0 aliphatic rings. The van der Waals surface area contributed by atoms with Crippen LogP contribution in [-0.2, 0) is 5.60 Å². The number of hydrogen-bond donors (Lipinski definition) is 2. The second-order valence-corrected chi connectivity index (χ2v) is 4.24. The van der Waals surface area contributed by atoms with E-state index in [1.807, 2.05) is 52.0 Å². The van der Waals surface area contributed by atoms with Crippen LogP contribution in [0.2, 0.25) is 0 Å². The van der Waals surface area contributed by atoms with Crippen molar-refractivity contribution in [1.82, 2.24) is 5.32 Å². The van der Waals surface area contributed by atoms with Gasteiger partial charge in [0.15, 0.2) is 0 Å². The molecule has 0 fully saturated rings. The molecule has 1 aromatic carbocycles. The quantitative estimate of drug-likeness (QED) is 0.793. The molecule has 15 heavy (non-hydrogen) atoms. The highest BCUT2D eigenvalue weighted by Gasteiger charge is 2.30. The fourth-order valence-electron chi connectivity index (χ4n) is 1.88. The smallest absolute Gasteiger partial charge is 0.102 e. The summed E-state index contributed by atoms with van der Waals surface area (Å²) in [6.07, 6.45) is 0. The van der Waals surface area contributed by atoms with E-state index in [9.17, 15) is 5.11 Å². The third-order valence-electron chi connectivity index (χ3n) is 3.04. The van der Waals surface area contributed by atoms with Crippen molar-refractivity contribution < 1.29 is 5.11 Å². The SMILES string of the molecule is CCNC(C)C(C)(O)c1ccccc1C. The van der Waals surface area contributed by atoms with Crippen LogP contribution >= 0.6 is 0 Å². The third-order valence-corrected chi connectivity index (χ3v) is 3.04. The number of hydrogen-bond acceptors (Lipinski definition) is 2. The summed E-state index contributed by atoms with van der Waals surface area (Å²) in [6, 6.07) is 8.03. The predicted octanol–water partition coefficient (Wildman–Crippen LogP) is 2.20. The molecule has 1 aromatic rings. The first-order valence-electron chi connectivity index (χ1n) is 5.52. The van der Waals surface area contributed by atoms with Crippen LogP contribution in [0.3, 0.4) is 0 Å². The van der Waals surface area contributed by atoms with Gasteiger partial charge in [0.05, 0.1) is 0 Å². The third kappa shape index (κ3) is 2.58. The number of aliphatic hydroxyl groups is 1. The van der Waals surface area contributed by atoms with Crippen molar-refractivity contribution in [3.05, 3.63) is 35.4 Å². The van der Waals surface area contributed by atoms with Crippen LogP contribution < -0.4 is 5.32 Å². The molecule has 84 valence electrons. The summed E-state index contributed by atoms with van der Waals surface area (Å²) in [5.41, 5.74) is 1.31. The Kier molecular flexibility index (Phi) is 3.89. The lowest BCUT2D eigenvalue weighted by Crippen LogP contribution is -2.44. The molecular formula is C13H21NO. The minimum absolute atomic E-state index is 0.0450. The van der Waals surface area contributed by atoms with Crippen LogP contribution in [0.15, 0.2) is 24.3 Å². The summed E-state index contributed by atoms with van der Waals surface area (Å²) in [4.78, 5) is 0. The second kappa shape index (κ2) is 4.77. The maximum Gasteiger partial charge on any atom is 0.102 e. The summed E-state index contributed by atoms with van der Waals surface area (Å²) in [5.74, 6) is 0. The van der Waals surface area contributed by atoms with E-state index in [1.165, 1.54) is 0 Å². The topological polar surface area (TPSA) is 32.3 Å². The molecule has 0 saturated heterocycles. The Labute approximate surface area is 92.3 Å². The van der Waals surface area contributed by atoms with Crippen LogP contribution in [0.5, 0.6) is 0 Å². The maximum absolute atomic E-state index is 10.5. The van der Waals surface area contributed by atoms with Crippen molar-refractivity contribution in [2.24, 2.45) is 0 Å². The van der Waals surface area contributed by atoms with Gasteiger partial charge in [-0.15, -0.1) is 0 Å². The molecule has 2 atom stereocenters. The second-order valence-electron chi connectivity index (χ2n) is 4.24. The van der Waals surface area contributed by atoms with E-state index in [-0.39, 0.29) is 6.04 Å². The number of nitrogens with one attached hydrogen (secondary N) is 1. The molecule has 0 bridgehead atoms. The zero-order chi connectivity index (χ0) is 11.5. The zero-order valence-corrected chi connectivity index (χ0v) is 10.0. The molecule has 0 aliphatic heterocycles. The molecule has 2 N–H and O–H groups in total. The van der Waals surface area contributed by atoms with Crippen molar-refractivity contribution in [2.45, 2.75) is 39.3 Å². The van der Waals surface area contributed by atoms with Gasteiger partial charge in [-0.25, -0.2) is 0 Å². The molecule has 0 saturated carbocycles. The van der Waals surface area contributed by atoms with Gasteiger partial charge in [-0.3, -0.25) is 0 Å². The maximum atomic E-state index is 10.5. The van der Waals surface area contributed by atoms with Gasteiger partial charge in [0, 0.05) is 6.04 Å². The average Bonchev–Trinajstić information content (AvgIpc) is 2.18. The lowest BCUT2D eigenvalue weighted by Gasteiger charge is -2.32. The molecule has 0 heterocycles. The Bertz CT molecular complexity index is 320. The van der Waals surface area contributed by atoms with Crippen molar-refractivity contribution in [2.75, 3.05) is 6.54 Å². The van der Waals surface area contributed by atoms with Crippen LogP contribution in [0.25, 0.3) is 0 Å². The van der Waals surface area contributed by atoms with Crippen LogP contribution in [-0.4, -0.2) is 17.7 Å². The van der Waals surface area contributed by atoms with Gasteiger partial charge in [-0.1, -0.05) is 31.2 Å². The molecule has 0 aliphatic carbocycles. The minimum Gasteiger partial charge on any atom is -0.384 e. The molecule has 0 aromatic heterocycles. The predicted molar refractivity (Wildman–Crippen MR) is 63.9 cm³/mol. The van der Waals surface area contributed by atoms with Gasteiger partial charge in [0.25, 0.3) is 0 Å². The van der Waals surface area contributed by atoms with Crippen LogP contribution in [0, 0.1) is 6.92 Å². The fourth-order valence-corrected chi connectivity index (χ4v) is 1.88. The van der Waals surface area contributed by atoms with Gasteiger partial charge < -0.3 is 10.4 Å². The van der Waals surface area contributed by atoms with E-state index in [0.717, 1.165) is 17.7 Å². The lowest BCUT2D eigenvalue weighted by molar-refractivity contribution is 0.0215. The Hall–Kier alpha value is -0.860. The van der Waals surface area contributed by atoms with Crippen molar-refractivity contribution in [1.29, 1.82) is 0 Å². The minimum atomic E-state index is -0.818. The molecular weight excluding hydrogens is 186 g/mol. The van der Waals surface area contributed by atoms with Crippen LogP contribution in [0.1, 0.15) is 31.9 Å². The number of likely N-dealkylation sites (N-methyl/N-ethyl adjacent to an activating group) is 1.